The number of alkyl halides is 3. The molecule has 3 aromatic carbocycles. The molecule has 0 aromatic heterocycles. The zero-order valence-corrected chi connectivity index (χ0v) is 17.2. The Morgan fingerprint density at radius 1 is 1.03 bits per heavy atom. The number of nitrogens with zero attached hydrogens (tertiary/aromatic N) is 1. The van der Waals surface area contributed by atoms with E-state index in [9.17, 15) is 18.0 Å². The van der Waals surface area contributed by atoms with Crippen molar-refractivity contribution in [1.82, 2.24) is 0 Å². The smallest absolute Gasteiger partial charge is 0.342 e. The van der Waals surface area contributed by atoms with Gasteiger partial charge in [0.2, 0.25) is 0 Å². The van der Waals surface area contributed by atoms with E-state index in [2.05, 4.69) is 5.32 Å². The third-order valence-corrected chi connectivity index (χ3v) is 5.03. The molecule has 1 amide bonds. The van der Waals surface area contributed by atoms with E-state index in [4.69, 9.17) is 11.6 Å². The summed E-state index contributed by atoms with van der Waals surface area (Å²) in [6.07, 6.45) is -4.41. The maximum atomic E-state index is 13.1. The Balaban J connectivity index is 1.84. The van der Waals surface area contributed by atoms with Crippen molar-refractivity contribution in [3.05, 3.63) is 88.4 Å². The minimum absolute atomic E-state index is 0.338. The summed E-state index contributed by atoms with van der Waals surface area (Å²) in [7, 11) is 0. The van der Waals surface area contributed by atoms with E-state index < -0.39 is 11.7 Å². The highest BCUT2D eigenvalue weighted by Gasteiger charge is 2.31. The number of rotatable bonds is 5. The number of benzene rings is 3. The van der Waals surface area contributed by atoms with Crippen LogP contribution in [0.5, 0.6) is 0 Å². The van der Waals surface area contributed by atoms with E-state index in [0.717, 1.165) is 23.4 Å². The lowest BCUT2D eigenvalue weighted by atomic mass is 10.1. The first kappa shape index (κ1) is 21.7. The zero-order valence-electron chi connectivity index (χ0n) is 16.4. The maximum absolute atomic E-state index is 13.1. The molecule has 0 aliphatic rings. The predicted octanol–water partition coefficient (Wildman–Crippen LogP) is 7.08. The van der Waals surface area contributed by atoms with Crippen molar-refractivity contribution in [3.63, 3.8) is 0 Å². The summed E-state index contributed by atoms with van der Waals surface area (Å²) in [5, 5.41) is 3.12. The second-order valence-electron chi connectivity index (χ2n) is 6.72. The Morgan fingerprint density at radius 2 is 1.70 bits per heavy atom. The Morgan fingerprint density at radius 3 is 2.30 bits per heavy atom. The van der Waals surface area contributed by atoms with Crippen molar-refractivity contribution in [3.8, 4) is 0 Å². The minimum atomic E-state index is -4.41. The first-order valence-corrected chi connectivity index (χ1v) is 9.70. The van der Waals surface area contributed by atoms with E-state index in [1.54, 1.807) is 60.4 Å². The van der Waals surface area contributed by atoms with Crippen molar-refractivity contribution in [2.24, 2.45) is 0 Å². The highest BCUT2D eigenvalue weighted by Crippen LogP contribution is 2.36. The monoisotopic (exact) mass is 432 g/mol. The molecule has 0 aliphatic carbocycles. The number of nitrogens with one attached hydrogen (secondary N) is 1. The average Bonchev–Trinajstić information content (AvgIpc) is 2.70. The van der Waals surface area contributed by atoms with Crippen molar-refractivity contribution in [1.29, 1.82) is 0 Å². The van der Waals surface area contributed by atoms with E-state index >= 15 is 0 Å². The molecule has 3 aromatic rings. The molecule has 0 bridgehead atoms. The molecule has 0 spiro atoms. The Bertz CT molecular complexity index is 1050. The molecule has 0 saturated carbocycles. The average molecular weight is 433 g/mol. The standard InChI is InChI=1S/C23H20ClF3N2O/c1-3-29(21-14-16(23(25,26)27)9-8-15(21)2)18-12-10-17(11-13-18)28-22(30)19-6-4-5-7-20(19)24/h4-14H,3H2,1-2H3,(H,28,30). The summed E-state index contributed by atoms with van der Waals surface area (Å²) in [5.74, 6) is -0.338. The zero-order chi connectivity index (χ0) is 21.9. The van der Waals surface area contributed by atoms with Crippen LogP contribution in [0.25, 0.3) is 0 Å². The molecular formula is C23H20ClF3N2O. The van der Waals surface area contributed by atoms with Crippen molar-refractivity contribution < 1.29 is 18.0 Å². The topological polar surface area (TPSA) is 32.3 Å². The first-order chi connectivity index (χ1) is 14.2. The summed E-state index contributed by atoms with van der Waals surface area (Å²) in [5.41, 5.74) is 2.17. The molecule has 0 radical (unpaired) electrons. The van der Waals surface area contributed by atoms with E-state index in [-0.39, 0.29) is 5.91 Å². The molecule has 0 saturated heterocycles. The van der Waals surface area contributed by atoms with E-state index in [1.807, 2.05) is 6.92 Å². The van der Waals surface area contributed by atoms with Gasteiger partial charge in [-0.2, -0.15) is 13.2 Å². The van der Waals surface area contributed by atoms with Crippen molar-refractivity contribution in [2.45, 2.75) is 20.0 Å². The van der Waals surface area contributed by atoms with Gasteiger partial charge in [-0.15, -0.1) is 0 Å². The number of aryl methyl sites for hydroxylation is 1. The quantitative estimate of drug-likeness (QED) is 0.467. The van der Waals surface area contributed by atoms with Crippen molar-refractivity contribution in [2.75, 3.05) is 16.8 Å². The van der Waals surface area contributed by atoms with Gasteiger partial charge in [-0.1, -0.05) is 29.8 Å². The fourth-order valence-electron chi connectivity index (χ4n) is 3.14. The van der Waals surface area contributed by atoms with Crippen molar-refractivity contribution >= 4 is 34.6 Å². The SMILES string of the molecule is CCN(c1ccc(NC(=O)c2ccccc2Cl)cc1)c1cc(C(F)(F)F)ccc1C. The van der Waals surface area contributed by atoms with Gasteiger partial charge in [0, 0.05) is 23.6 Å². The first-order valence-electron chi connectivity index (χ1n) is 9.32. The molecule has 0 fully saturated rings. The molecule has 1 N–H and O–H groups in total. The molecule has 0 heterocycles. The molecule has 0 aliphatic heterocycles. The fourth-order valence-corrected chi connectivity index (χ4v) is 3.36. The molecule has 30 heavy (non-hydrogen) atoms. The lowest BCUT2D eigenvalue weighted by Crippen LogP contribution is -2.18. The van der Waals surface area contributed by atoms with Crippen LogP contribution in [0.2, 0.25) is 5.02 Å². The van der Waals surface area contributed by atoms with Gasteiger partial charge in [0.25, 0.3) is 5.91 Å². The van der Waals surface area contributed by atoms with Gasteiger partial charge in [0.05, 0.1) is 16.1 Å². The normalized spacial score (nSPS) is 11.3. The van der Waals surface area contributed by atoms with Gasteiger partial charge in [-0.05, 0) is 67.9 Å². The van der Waals surface area contributed by atoms with E-state index in [0.29, 0.717) is 28.5 Å². The van der Waals surface area contributed by atoms with Gasteiger partial charge < -0.3 is 10.2 Å². The Labute approximate surface area is 178 Å². The van der Waals surface area contributed by atoms with Gasteiger partial charge in [-0.25, -0.2) is 0 Å². The second-order valence-corrected chi connectivity index (χ2v) is 7.13. The Kier molecular flexibility index (Phi) is 6.37. The minimum Gasteiger partial charge on any atom is -0.342 e. The van der Waals surface area contributed by atoms with Crippen LogP contribution in [0.15, 0.2) is 66.7 Å². The van der Waals surface area contributed by atoms with Gasteiger partial charge in [-0.3, -0.25) is 4.79 Å². The summed E-state index contributed by atoms with van der Waals surface area (Å²) >= 11 is 6.05. The summed E-state index contributed by atoms with van der Waals surface area (Å²) in [4.78, 5) is 14.2. The highest BCUT2D eigenvalue weighted by molar-refractivity contribution is 6.34. The number of amides is 1. The summed E-state index contributed by atoms with van der Waals surface area (Å²) < 4.78 is 39.4. The Hall–Kier alpha value is -2.99. The summed E-state index contributed by atoms with van der Waals surface area (Å²) in [6, 6.07) is 17.4. The van der Waals surface area contributed by atoms with Crippen LogP contribution in [-0.4, -0.2) is 12.5 Å². The lowest BCUT2D eigenvalue weighted by molar-refractivity contribution is -0.137. The molecule has 156 valence electrons. The third kappa shape index (κ3) is 4.76. The van der Waals surface area contributed by atoms with Crippen LogP contribution in [0.3, 0.4) is 0 Å². The van der Waals surface area contributed by atoms with Crippen LogP contribution in [-0.2, 0) is 6.18 Å². The number of halogens is 4. The number of hydrogen-bond acceptors (Lipinski definition) is 2. The maximum Gasteiger partial charge on any atom is 0.416 e. The number of anilines is 3. The van der Waals surface area contributed by atoms with Crippen LogP contribution in [0, 0.1) is 6.92 Å². The molecule has 3 rings (SSSR count). The predicted molar refractivity (Wildman–Crippen MR) is 115 cm³/mol. The number of hydrogen-bond donors (Lipinski definition) is 1. The number of carbonyl (C=O) groups excluding carboxylic acids is 1. The van der Waals surface area contributed by atoms with Crippen LogP contribution >= 0.6 is 11.6 Å². The molecule has 0 atom stereocenters. The molecule has 3 nitrogen and oxygen atoms in total. The van der Waals surface area contributed by atoms with Gasteiger partial charge >= 0.3 is 6.18 Å². The van der Waals surface area contributed by atoms with Crippen LogP contribution < -0.4 is 10.2 Å². The second kappa shape index (κ2) is 8.79. The fraction of sp³-hybridized carbons (Fsp3) is 0.174. The van der Waals surface area contributed by atoms with Gasteiger partial charge in [0.1, 0.15) is 0 Å². The number of carbonyl (C=O) groups is 1. The van der Waals surface area contributed by atoms with Crippen LogP contribution in [0.4, 0.5) is 30.2 Å². The third-order valence-electron chi connectivity index (χ3n) is 4.70. The van der Waals surface area contributed by atoms with Crippen LogP contribution in [0.1, 0.15) is 28.4 Å². The van der Waals surface area contributed by atoms with E-state index in [1.165, 1.54) is 6.07 Å². The van der Waals surface area contributed by atoms with Gasteiger partial charge in [0.15, 0.2) is 0 Å². The summed E-state index contributed by atoms with van der Waals surface area (Å²) in [6.45, 7) is 4.12. The molecule has 7 heteroatoms. The molecular weight excluding hydrogens is 413 g/mol. The highest BCUT2D eigenvalue weighted by atomic mass is 35.5. The largest absolute Gasteiger partial charge is 0.416 e. The lowest BCUT2D eigenvalue weighted by Gasteiger charge is -2.26. The molecule has 0 unspecified atom stereocenters.